The Kier molecular flexibility index (Phi) is 6.22. The van der Waals surface area contributed by atoms with Crippen molar-refractivity contribution in [1.82, 2.24) is 5.06 Å². The molecule has 1 aliphatic heterocycles. The summed E-state index contributed by atoms with van der Waals surface area (Å²) in [6, 6.07) is 8.15. The Balaban J connectivity index is 1.86. The third-order valence-corrected chi connectivity index (χ3v) is 5.43. The lowest BCUT2D eigenvalue weighted by molar-refractivity contribution is -0.145. The minimum Gasteiger partial charge on any atom is -0.467 e. The lowest BCUT2D eigenvalue weighted by atomic mass is 9.95. The number of carbonyl (C=O) groups is 3. The summed E-state index contributed by atoms with van der Waals surface area (Å²) in [7, 11) is -2.78. The van der Waals surface area contributed by atoms with E-state index in [1.54, 1.807) is 18.2 Å². The highest BCUT2D eigenvalue weighted by atomic mass is 32.2. The largest absolute Gasteiger partial charge is 0.467 e. The molecule has 0 spiro atoms. The molecule has 0 N–H and O–H groups in total. The van der Waals surface area contributed by atoms with Gasteiger partial charge in [-0.3, -0.25) is 9.59 Å². The van der Waals surface area contributed by atoms with Gasteiger partial charge in [0.15, 0.2) is 0 Å². The van der Waals surface area contributed by atoms with E-state index >= 15 is 0 Å². The van der Waals surface area contributed by atoms with E-state index in [0.717, 1.165) is 11.2 Å². The van der Waals surface area contributed by atoms with Gasteiger partial charge in [0.2, 0.25) is 0 Å². The number of carbonyl (C=O) groups excluding carboxylic acids is 3. The van der Waals surface area contributed by atoms with Gasteiger partial charge in [-0.1, -0.05) is 12.1 Å². The summed E-state index contributed by atoms with van der Waals surface area (Å²) >= 11 is 1.43. The molecule has 1 aliphatic rings. The maximum Gasteiger partial charge on any atom is 0.331 e. The van der Waals surface area contributed by atoms with Gasteiger partial charge >= 0.3 is 5.97 Å². The third-order valence-electron chi connectivity index (χ3n) is 3.97. The molecule has 0 saturated carbocycles. The van der Waals surface area contributed by atoms with E-state index < -0.39 is 27.9 Å². The average Bonchev–Trinajstić information content (AvgIpc) is 2.68. The first-order chi connectivity index (χ1) is 13.7. The molecule has 11 heteroatoms. The highest BCUT2D eigenvalue weighted by Gasteiger charge is 2.36. The molecule has 1 heterocycles. The van der Waals surface area contributed by atoms with Gasteiger partial charge in [0.1, 0.15) is 6.61 Å². The summed E-state index contributed by atoms with van der Waals surface area (Å²) in [4.78, 5) is 37.1. The number of benzene rings is 2. The zero-order valence-corrected chi connectivity index (χ0v) is 17.2. The van der Waals surface area contributed by atoms with Gasteiger partial charge in [-0.2, -0.15) is 8.42 Å². The molecule has 29 heavy (non-hydrogen) atoms. The zero-order valence-electron chi connectivity index (χ0n) is 15.5. The van der Waals surface area contributed by atoms with Gasteiger partial charge in [0.25, 0.3) is 21.9 Å². The molecule has 0 radical (unpaired) electrons. The van der Waals surface area contributed by atoms with Crippen molar-refractivity contribution in [2.75, 3.05) is 32.3 Å². The molecule has 0 unspecified atom stereocenters. The summed E-state index contributed by atoms with van der Waals surface area (Å²) in [6.07, 6.45) is 0.756. The number of imide groups is 1. The molecule has 3 rings (SSSR count). The molecule has 0 bridgehead atoms. The van der Waals surface area contributed by atoms with Gasteiger partial charge in [-0.15, -0.1) is 21.1 Å². The van der Waals surface area contributed by atoms with E-state index in [1.165, 1.54) is 31.0 Å². The van der Waals surface area contributed by atoms with E-state index in [-0.39, 0.29) is 22.8 Å². The molecule has 154 valence electrons. The molecule has 2 aromatic carbocycles. The molecular formula is C18H17NO8S2. The van der Waals surface area contributed by atoms with E-state index in [9.17, 15) is 22.8 Å². The first-order valence-electron chi connectivity index (χ1n) is 8.34. The second-order valence-electron chi connectivity index (χ2n) is 6.00. The van der Waals surface area contributed by atoms with Crippen LogP contribution in [0.2, 0.25) is 0 Å². The molecule has 0 atom stereocenters. The van der Waals surface area contributed by atoms with Crippen molar-refractivity contribution in [3.8, 4) is 0 Å². The Hall–Kier alpha value is -2.47. The van der Waals surface area contributed by atoms with Crippen LogP contribution in [0.3, 0.4) is 0 Å². The summed E-state index contributed by atoms with van der Waals surface area (Å²) in [6.45, 7) is 0.163. The summed E-state index contributed by atoms with van der Waals surface area (Å²) in [5, 5.41) is 1.38. The number of nitrogens with zero attached hydrogens (tertiary/aromatic N) is 1. The number of amides is 2. The van der Waals surface area contributed by atoms with Crippen molar-refractivity contribution in [3.05, 3.63) is 41.5 Å². The van der Waals surface area contributed by atoms with E-state index in [4.69, 9.17) is 4.74 Å². The molecule has 0 aromatic heterocycles. The number of hydrogen-bond acceptors (Lipinski definition) is 9. The van der Waals surface area contributed by atoms with Crippen molar-refractivity contribution < 1.29 is 36.6 Å². The standard InChI is InChI=1S/C18H17NO8S2/c1-25-15(20)10-26-8-9-28-14-7-6-13-16-11(14)4-3-5-12(16)17(21)19(18(13)22)27-29(2,23)24/h3-7H,8-10H2,1-2H3. The van der Waals surface area contributed by atoms with Crippen LogP contribution in [-0.4, -0.2) is 63.6 Å². The van der Waals surface area contributed by atoms with Crippen LogP contribution >= 0.6 is 11.8 Å². The van der Waals surface area contributed by atoms with Gasteiger partial charge in [-0.25, -0.2) is 4.79 Å². The van der Waals surface area contributed by atoms with Crippen molar-refractivity contribution >= 4 is 50.4 Å². The van der Waals surface area contributed by atoms with Crippen LogP contribution < -0.4 is 0 Å². The van der Waals surface area contributed by atoms with Crippen molar-refractivity contribution in [1.29, 1.82) is 0 Å². The van der Waals surface area contributed by atoms with Crippen molar-refractivity contribution in [2.24, 2.45) is 0 Å². The molecule has 0 saturated heterocycles. The average molecular weight is 439 g/mol. The highest BCUT2D eigenvalue weighted by molar-refractivity contribution is 7.99. The fourth-order valence-electron chi connectivity index (χ4n) is 2.80. The summed E-state index contributed by atoms with van der Waals surface area (Å²) < 4.78 is 37.1. The van der Waals surface area contributed by atoms with Gasteiger partial charge < -0.3 is 9.47 Å². The van der Waals surface area contributed by atoms with Crippen molar-refractivity contribution in [3.63, 3.8) is 0 Å². The topological polar surface area (TPSA) is 116 Å². The number of thioether (sulfide) groups is 1. The summed E-state index contributed by atoms with van der Waals surface area (Å²) in [5.41, 5.74) is 0.343. The molecular weight excluding hydrogens is 422 g/mol. The third kappa shape index (κ3) is 4.58. The van der Waals surface area contributed by atoms with Gasteiger partial charge in [0, 0.05) is 16.0 Å². The molecule has 0 fully saturated rings. The van der Waals surface area contributed by atoms with Gasteiger partial charge in [0.05, 0.1) is 31.1 Å². The number of methoxy groups -OCH3 is 1. The van der Waals surface area contributed by atoms with E-state index in [2.05, 4.69) is 9.02 Å². The summed E-state index contributed by atoms with van der Waals surface area (Å²) in [5.74, 6) is -1.63. The lowest BCUT2D eigenvalue weighted by Gasteiger charge is -2.25. The maximum atomic E-state index is 12.6. The molecule has 9 nitrogen and oxygen atoms in total. The number of hydrogen-bond donors (Lipinski definition) is 0. The van der Waals surface area contributed by atoms with Crippen LogP contribution in [0.5, 0.6) is 0 Å². The van der Waals surface area contributed by atoms with Crippen molar-refractivity contribution in [2.45, 2.75) is 4.90 Å². The second-order valence-corrected chi connectivity index (χ2v) is 8.69. The van der Waals surface area contributed by atoms with Gasteiger partial charge in [-0.05, 0) is 23.6 Å². The zero-order chi connectivity index (χ0) is 21.2. The van der Waals surface area contributed by atoms with Crippen LogP contribution in [0.15, 0.2) is 35.2 Å². The Morgan fingerprint density at radius 3 is 2.45 bits per heavy atom. The number of esters is 1. The Morgan fingerprint density at radius 1 is 1.10 bits per heavy atom. The van der Waals surface area contributed by atoms with E-state index in [1.807, 2.05) is 0 Å². The predicted octanol–water partition coefficient (Wildman–Crippen LogP) is 1.61. The first kappa shape index (κ1) is 21.2. The molecule has 0 aliphatic carbocycles. The molecule has 2 amide bonds. The number of ether oxygens (including phenoxy) is 2. The number of rotatable bonds is 8. The van der Waals surface area contributed by atoms with Crippen LogP contribution in [0.25, 0.3) is 10.8 Å². The van der Waals surface area contributed by atoms with Crippen LogP contribution in [0.1, 0.15) is 20.7 Å². The normalized spacial score (nSPS) is 13.8. The lowest BCUT2D eigenvalue weighted by Crippen LogP contribution is -2.41. The van der Waals surface area contributed by atoms with E-state index in [0.29, 0.717) is 23.1 Å². The minimum atomic E-state index is -4.06. The Bertz CT molecular complexity index is 1070. The second kappa shape index (κ2) is 8.49. The fourth-order valence-corrected chi connectivity index (χ4v) is 4.12. The molecule has 2 aromatic rings. The SMILES string of the molecule is COC(=O)COCCSc1ccc2c3c(cccc13)C(=O)N(OS(C)(=O)=O)C2=O. The minimum absolute atomic E-state index is 0.139. The Labute approximate surface area is 171 Å². The highest BCUT2D eigenvalue weighted by Crippen LogP contribution is 2.36. The quantitative estimate of drug-likeness (QED) is 0.262. The monoisotopic (exact) mass is 439 g/mol. The maximum absolute atomic E-state index is 12.6. The fraction of sp³-hybridized carbons (Fsp3) is 0.278. The number of hydroxylamine groups is 2. The smallest absolute Gasteiger partial charge is 0.331 e. The predicted molar refractivity (Wildman–Crippen MR) is 104 cm³/mol. The first-order valence-corrected chi connectivity index (χ1v) is 11.1. The van der Waals surface area contributed by atoms with Crippen LogP contribution in [-0.2, 0) is 28.7 Å². The Morgan fingerprint density at radius 2 is 1.79 bits per heavy atom. The van der Waals surface area contributed by atoms with Crippen LogP contribution in [0, 0.1) is 0 Å². The van der Waals surface area contributed by atoms with Crippen LogP contribution in [0.4, 0.5) is 0 Å².